The van der Waals surface area contributed by atoms with Gasteiger partial charge in [-0.2, -0.15) is 10.2 Å². The number of aliphatic hydroxyl groups is 1. The van der Waals surface area contributed by atoms with Crippen molar-refractivity contribution in [2.45, 2.75) is 25.7 Å². The Kier molecular flexibility index (Phi) is 14.3. The van der Waals surface area contributed by atoms with E-state index in [-0.39, 0.29) is 13.2 Å². The van der Waals surface area contributed by atoms with Gasteiger partial charge in [-0.05, 0) is 92.2 Å². The molecule has 43 heavy (non-hydrogen) atoms. The van der Waals surface area contributed by atoms with Gasteiger partial charge in [0.25, 0.3) is 0 Å². The molecular weight excluding hydrogens is 554 g/mol. The lowest BCUT2D eigenvalue weighted by Gasteiger charge is -2.21. The number of carboxylic acid groups (broad SMARTS) is 1. The zero-order chi connectivity index (χ0) is 30.7. The van der Waals surface area contributed by atoms with Gasteiger partial charge < -0.3 is 24.4 Å². The third kappa shape index (κ3) is 13.2. The number of azo groups is 1. The van der Waals surface area contributed by atoms with Crippen molar-refractivity contribution in [2.24, 2.45) is 10.2 Å². The van der Waals surface area contributed by atoms with Crippen LogP contribution in [-0.4, -0.2) is 73.9 Å². The van der Waals surface area contributed by atoms with Crippen LogP contribution in [0.2, 0.25) is 0 Å². The summed E-state index contributed by atoms with van der Waals surface area (Å²) in [5.74, 6) is 1.56. The molecule has 0 atom stereocenters. The minimum absolute atomic E-state index is 0.0262. The van der Waals surface area contributed by atoms with E-state index in [2.05, 4.69) is 25.8 Å². The average Bonchev–Trinajstić information content (AvgIpc) is 3.01. The van der Waals surface area contributed by atoms with Crippen molar-refractivity contribution >= 4 is 34.9 Å². The van der Waals surface area contributed by atoms with Crippen molar-refractivity contribution in [3.63, 3.8) is 0 Å². The van der Waals surface area contributed by atoms with Crippen molar-refractivity contribution < 1.29 is 34.0 Å². The number of nitrogens with zero attached hydrogens (tertiary/aromatic N) is 3. The summed E-state index contributed by atoms with van der Waals surface area (Å²) in [6, 6.07) is 21.1. The number of ether oxygens (including phenoxy) is 3. The molecule has 3 aromatic carbocycles. The molecule has 2 amide bonds. The summed E-state index contributed by atoms with van der Waals surface area (Å²) in [6.07, 6.45) is 2.15. The molecule has 0 spiro atoms. The van der Waals surface area contributed by atoms with Gasteiger partial charge in [0, 0.05) is 24.5 Å². The Bertz CT molecular complexity index is 1270. The maximum absolute atomic E-state index is 12.1. The fourth-order valence-corrected chi connectivity index (χ4v) is 4.01. The van der Waals surface area contributed by atoms with Crippen molar-refractivity contribution in [3.05, 3.63) is 72.8 Å². The molecule has 0 bridgehead atoms. The average molecular weight is 594 g/mol. The first-order valence-corrected chi connectivity index (χ1v) is 14.1. The van der Waals surface area contributed by atoms with Crippen LogP contribution in [0.5, 0.6) is 11.5 Å². The minimum Gasteiger partial charge on any atom is -0.497 e. The lowest BCUT2D eigenvalue weighted by molar-refractivity contribution is 0.128. The second kappa shape index (κ2) is 18.7. The molecule has 0 aliphatic rings. The number of benzene rings is 3. The van der Waals surface area contributed by atoms with E-state index in [1.54, 1.807) is 19.2 Å². The third-order valence-corrected chi connectivity index (χ3v) is 6.27. The Morgan fingerprint density at radius 2 is 1.30 bits per heavy atom. The topological polar surface area (TPSA) is 154 Å². The molecule has 0 saturated carbocycles. The first-order chi connectivity index (χ1) is 20.9. The highest BCUT2D eigenvalue weighted by molar-refractivity contribution is 5.86. The Morgan fingerprint density at radius 3 is 1.88 bits per heavy atom. The molecule has 230 valence electrons. The molecule has 0 saturated heterocycles. The molecule has 0 radical (unpaired) electrons. The number of hydrogen-bond donors (Lipinski definition) is 4. The molecule has 0 aliphatic heterocycles. The van der Waals surface area contributed by atoms with Gasteiger partial charge >= 0.3 is 12.2 Å². The molecule has 12 nitrogen and oxygen atoms in total. The number of anilines is 2. The molecule has 4 N–H and O–H groups in total. The van der Waals surface area contributed by atoms with Gasteiger partial charge in [-0.3, -0.25) is 15.5 Å². The Labute approximate surface area is 251 Å². The third-order valence-electron chi connectivity index (χ3n) is 6.27. The SMILES string of the molecule is COc1ccc(N=Nc2ccc(OCCCCCCN(CCO)CCOC(=O)Nc3ccc(NC(=O)O)cc3)cc2)cc1. The van der Waals surface area contributed by atoms with E-state index in [9.17, 15) is 14.7 Å². The highest BCUT2D eigenvalue weighted by atomic mass is 16.5. The number of hydrogen-bond acceptors (Lipinski definition) is 9. The van der Waals surface area contributed by atoms with Crippen LogP contribution in [0, 0.1) is 0 Å². The predicted octanol–water partition coefficient (Wildman–Crippen LogP) is 6.68. The van der Waals surface area contributed by atoms with Gasteiger partial charge in [-0.15, -0.1) is 0 Å². The van der Waals surface area contributed by atoms with Crippen LogP contribution in [0.15, 0.2) is 83.0 Å². The maximum Gasteiger partial charge on any atom is 0.411 e. The first-order valence-electron chi connectivity index (χ1n) is 14.1. The zero-order valence-corrected chi connectivity index (χ0v) is 24.3. The summed E-state index contributed by atoms with van der Waals surface area (Å²) < 4.78 is 16.2. The Morgan fingerprint density at radius 1 is 0.721 bits per heavy atom. The Balaban J connectivity index is 1.25. The number of carbonyl (C=O) groups is 2. The van der Waals surface area contributed by atoms with Crippen LogP contribution in [0.3, 0.4) is 0 Å². The molecule has 0 heterocycles. The largest absolute Gasteiger partial charge is 0.497 e. The number of nitrogens with one attached hydrogen (secondary N) is 2. The van der Waals surface area contributed by atoms with Gasteiger partial charge in [0.1, 0.15) is 18.1 Å². The molecule has 3 aromatic rings. The van der Waals surface area contributed by atoms with E-state index in [0.717, 1.165) is 55.1 Å². The number of amides is 2. The van der Waals surface area contributed by atoms with E-state index in [1.165, 1.54) is 12.1 Å². The van der Waals surface area contributed by atoms with Crippen molar-refractivity contribution in [1.82, 2.24) is 4.90 Å². The summed E-state index contributed by atoms with van der Waals surface area (Å²) in [7, 11) is 1.62. The van der Waals surface area contributed by atoms with Crippen LogP contribution < -0.4 is 20.1 Å². The van der Waals surface area contributed by atoms with E-state index >= 15 is 0 Å². The van der Waals surface area contributed by atoms with Crippen LogP contribution in [-0.2, 0) is 4.74 Å². The minimum atomic E-state index is -1.16. The van der Waals surface area contributed by atoms with E-state index in [1.807, 2.05) is 48.5 Å². The van der Waals surface area contributed by atoms with Gasteiger partial charge in [0.05, 0.1) is 31.7 Å². The standard InChI is InChI=1S/C31H39N5O7/c1-41-28-14-10-26(11-15-28)34-35-27-12-16-29(17-13-27)42-22-5-3-2-4-18-36(19-21-37)20-23-43-31(40)33-25-8-6-24(7-9-25)32-30(38)39/h6-17,32,37H,2-5,18-23H2,1H3,(H,33,40)(H,38,39). The second-order valence-electron chi connectivity index (χ2n) is 9.49. The molecule has 3 rings (SSSR count). The predicted molar refractivity (Wildman–Crippen MR) is 164 cm³/mol. The zero-order valence-electron chi connectivity index (χ0n) is 24.3. The van der Waals surface area contributed by atoms with E-state index in [4.69, 9.17) is 19.3 Å². The fraction of sp³-hybridized carbons (Fsp3) is 0.355. The molecule has 0 aliphatic carbocycles. The van der Waals surface area contributed by atoms with Crippen LogP contribution in [0.25, 0.3) is 0 Å². The number of aliphatic hydroxyl groups excluding tert-OH is 1. The molecule has 12 heteroatoms. The highest BCUT2D eigenvalue weighted by Gasteiger charge is 2.08. The summed E-state index contributed by atoms with van der Waals surface area (Å²) in [6.45, 7) is 2.63. The summed E-state index contributed by atoms with van der Waals surface area (Å²) in [5.41, 5.74) is 2.37. The molecule has 0 aromatic heterocycles. The van der Waals surface area contributed by atoms with Crippen LogP contribution in [0.4, 0.5) is 32.3 Å². The summed E-state index contributed by atoms with van der Waals surface area (Å²) in [5, 5.41) is 31.4. The number of methoxy groups -OCH3 is 1. The quantitative estimate of drug-likeness (QED) is 0.0940. The van der Waals surface area contributed by atoms with Gasteiger partial charge in [-0.1, -0.05) is 12.8 Å². The fourth-order valence-electron chi connectivity index (χ4n) is 4.01. The highest BCUT2D eigenvalue weighted by Crippen LogP contribution is 2.23. The monoisotopic (exact) mass is 593 g/mol. The number of rotatable bonds is 18. The smallest absolute Gasteiger partial charge is 0.411 e. The lowest BCUT2D eigenvalue weighted by atomic mass is 10.2. The van der Waals surface area contributed by atoms with Crippen LogP contribution >= 0.6 is 0 Å². The Hall–Kier alpha value is -4.68. The number of carbonyl (C=O) groups excluding carboxylic acids is 1. The van der Waals surface area contributed by atoms with Gasteiger partial charge in [0.2, 0.25) is 0 Å². The van der Waals surface area contributed by atoms with E-state index in [0.29, 0.717) is 31.1 Å². The molecule has 0 unspecified atom stereocenters. The molecule has 0 fully saturated rings. The van der Waals surface area contributed by atoms with Gasteiger partial charge in [0.15, 0.2) is 0 Å². The summed E-state index contributed by atoms with van der Waals surface area (Å²) in [4.78, 5) is 24.8. The first kappa shape index (κ1) is 32.8. The maximum atomic E-state index is 12.1. The van der Waals surface area contributed by atoms with Crippen LogP contribution in [0.1, 0.15) is 25.7 Å². The normalized spacial score (nSPS) is 11.0. The second-order valence-corrected chi connectivity index (χ2v) is 9.49. The van der Waals surface area contributed by atoms with E-state index < -0.39 is 12.2 Å². The van der Waals surface area contributed by atoms with Crippen molar-refractivity contribution in [3.8, 4) is 11.5 Å². The van der Waals surface area contributed by atoms with Crippen molar-refractivity contribution in [2.75, 3.05) is 57.2 Å². The molecular formula is C31H39N5O7. The summed E-state index contributed by atoms with van der Waals surface area (Å²) >= 11 is 0. The van der Waals surface area contributed by atoms with Gasteiger partial charge in [-0.25, -0.2) is 9.59 Å². The lowest BCUT2D eigenvalue weighted by Crippen LogP contribution is -2.32. The number of unbranched alkanes of at least 4 members (excludes halogenated alkanes) is 3. The van der Waals surface area contributed by atoms with Crippen molar-refractivity contribution in [1.29, 1.82) is 0 Å².